The average molecular weight is 393 g/mol. The fraction of sp³-hybridized carbons (Fsp3) is 0.190. The quantitative estimate of drug-likeness (QED) is 0.561. The standard InChI is InChI=1S/C21H19N3O3S/c25-20(28)19(9-13-10-22-12-23-13)24-21(26)27-11-18-16-7-3-1-5-14(16)15-6-2-4-8-17(15)18/h1-8,10,12,18-19H,9,11H2,(H,22,23)(H,24,26)(H,25,28)/t19-/m0/s1. The van der Waals surface area contributed by atoms with Crippen molar-refractivity contribution < 1.29 is 14.3 Å². The molecule has 142 valence electrons. The Bertz CT molecular complexity index is 958. The molecule has 7 heteroatoms. The van der Waals surface area contributed by atoms with Crippen molar-refractivity contribution in [1.29, 1.82) is 0 Å². The van der Waals surface area contributed by atoms with Gasteiger partial charge in [0.25, 0.3) is 0 Å². The molecule has 0 unspecified atom stereocenters. The van der Waals surface area contributed by atoms with E-state index in [1.165, 1.54) is 6.33 Å². The molecule has 1 amide bonds. The number of carbonyl (C=O) groups excluding carboxylic acids is 2. The zero-order valence-electron chi connectivity index (χ0n) is 15.0. The number of hydrogen-bond donors (Lipinski definition) is 3. The van der Waals surface area contributed by atoms with Crippen molar-refractivity contribution in [3.8, 4) is 11.1 Å². The molecule has 0 spiro atoms. The summed E-state index contributed by atoms with van der Waals surface area (Å²) in [5.74, 6) is -0.0316. The largest absolute Gasteiger partial charge is 0.449 e. The van der Waals surface area contributed by atoms with Crippen molar-refractivity contribution in [3.05, 3.63) is 77.9 Å². The molecule has 0 saturated carbocycles. The third kappa shape index (κ3) is 3.66. The lowest BCUT2D eigenvalue weighted by molar-refractivity contribution is -0.112. The van der Waals surface area contributed by atoms with Crippen LogP contribution in [0.25, 0.3) is 11.1 Å². The number of benzene rings is 2. The van der Waals surface area contributed by atoms with Crippen LogP contribution in [0.1, 0.15) is 22.7 Å². The van der Waals surface area contributed by atoms with Gasteiger partial charge in [0.05, 0.1) is 6.33 Å². The van der Waals surface area contributed by atoms with Gasteiger partial charge in [-0.1, -0.05) is 48.5 Å². The van der Waals surface area contributed by atoms with Gasteiger partial charge in [0.2, 0.25) is 5.12 Å². The second kappa shape index (κ2) is 7.90. The molecular weight excluding hydrogens is 374 g/mol. The Morgan fingerprint density at radius 1 is 1.11 bits per heavy atom. The van der Waals surface area contributed by atoms with Gasteiger partial charge in [-0.15, -0.1) is 12.6 Å². The highest BCUT2D eigenvalue weighted by atomic mass is 32.1. The third-order valence-electron chi connectivity index (χ3n) is 4.91. The number of hydrogen-bond acceptors (Lipinski definition) is 4. The Hall–Kier alpha value is -3.06. The van der Waals surface area contributed by atoms with Crippen molar-refractivity contribution in [1.82, 2.24) is 15.3 Å². The summed E-state index contributed by atoms with van der Waals surface area (Å²) in [5.41, 5.74) is 5.32. The maximum atomic E-state index is 12.3. The number of H-pyrrole nitrogens is 1. The first-order valence-electron chi connectivity index (χ1n) is 8.95. The number of aromatic amines is 1. The highest BCUT2D eigenvalue weighted by molar-refractivity contribution is 7.96. The number of alkyl carbamates (subject to hydrolysis) is 1. The van der Waals surface area contributed by atoms with E-state index < -0.39 is 17.3 Å². The smallest absolute Gasteiger partial charge is 0.407 e. The maximum Gasteiger partial charge on any atom is 0.407 e. The number of imidazole rings is 1. The number of rotatable bonds is 6. The summed E-state index contributed by atoms with van der Waals surface area (Å²) in [7, 11) is 0. The van der Waals surface area contributed by atoms with E-state index in [4.69, 9.17) is 4.74 Å². The predicted molar refractivity (Wildman–Crippen MR) is 108 cm³/mol. The van der Waals surface area contributed by atoms with E-state index in [-0.39, 0.29) is 18.9 Å². The van der Waals surface area contributed by atoms with Crippen molar-refractivity contribution in [3.63, 3.8) is 0 Å². The fourth-order valence-electron chi connectivity index (χ4n) is 3.60. The van der Waals surface area contributed by atoms with Gasteiger partial charge in [0, 0.05) is 24.2 Å². The monoisotopic (exact) mass is 393 g/mol. The maximum absolute atomic E-state index is 12.3. The Balaban J connectivity index is 1.44. The lowest BCUT2D eigenvalue weighted by Crippen LogP contribution is -2.41. The van der Waals surface area contributed by atoms with Crippen LogP contribution < -0.4 is 5.32 Å². The lowest BCUT2D eigenvalue weighted by atomic mass is 9.98. The number of ether oxygens (including phenoxy) is 1. The van der Waals surface area contributed by atoms with Crippen LogP contribution in [0.15, 0.2) is 61.1 Å². The first-order chi connectivity index (χ1) is 13.6. The number of amides is 1. The second-order valence-electron chi connectivity index (χ2n) is 6.64. The zero-order chi connectivity index (χ0) is 19.5. The molecule has 0 saturated heterocycles. The molecule has 1 aliphatic carbocycles. The number of nitrogens with one attached hydrogen (secondary N) is 2. The molecule has 0 fully saturated rings. The third-order valence-corrected chi connectivity index (χ3v) is 5.22. The van der Waals surface area contributed by atoms with Crippen molar-refractivity contribution in [2.24, 2.45) is 0 Å². The Morgan fingerprint density at radius 3 is 2.32 bits per heavy atom. The van der Waals surface area contributed by atoms with Gasteiger partial charge in [0.15, 0.2) is 0 Å². The molecular formula is C21H19N3O3S. The summed E-state index contributed by atoms with van der Waals surface area (Å²) >= 11 is 3.87. The van der Waals surface area contributed by atoms with Gasteiger partial charge < -0.3 is 15.0 Å². The first-order valence-corrected chi connectivity index (χ1v) is 9.40. The number of nitrogens with zero attached hydrogens (tertiary/aromatic N) is 1. The summed E-state index contributed by atoms with van der Waals surface area (Å²) in [6.07, 6.45) is 2.74. The average Bonchev–Trinajstić information content (AvgIpc) is 3.32. The number of fused-ring (bicyclic) bond motifs is 3. The van der Waals surface area contributed by atoms with Crippen LogP contribution in [0.2, 0.25) is 0 Å². The van der Waals surface area contributed by atoms with Gasteiger partial charge in [-0.2, -0.15) is 0 Å². The van der Waals surface area contributed by atoms with E-state index in [2.05, 4.69) is 52.2 Å². The SMILES string of the molecule is O=C(N[C@@H](Cc1cnc[nH]1)C(=O)S)OCC1c2ccccc2-c2ccccc21. The molecule has 6 nitrogen and oxygen atoms in total. The van der Waals surface area contributed by atoms with Gasteiger partial charge in [-0.3, -0.25) is 4.79 Å². The van der Waals surface area contributed by atoms with E-state index in [0.717, 1.165) is 27.9 Å². The molecule has 4 rings (SSSR count). The zero-order valence-corrected chi connectivity index (χ0v) is 15.9. The summed E-state index contributed by atoms with van der Waals surface area (Å²) in [5, 5.41) is 2.15. The van der Waals surface area contributed by atoms with Crippen LogP contribution in [-0.2, 0) is 16.0 Å². The van der Waals surface area contributed by atoms with E-state index >= 15 is 0 Å². The minimum absolute atomic E-state index is 0.0316. The van der Waals surface area contributed by atoms with Crippen LogP contribution in [0.3, 0.4) is 0 Å². The Morgan fingerprint density at radius 2 is 1.75 bits per heavy atom. The first kappa shape index (κ1) is 18.3. The second-order valence-corrected chi connectivity index (χ2v) is 7.08. The number of thiol groups is 1. The molecule has 3 aromatic rings. The van der Waals surface area contributed by atoms with Crippen molar-refractivity contribution in [2.45, 2.75) is 18.4 Å². The van der Waals surface area contributed by atoms with Crippen molar-refractivity contribution >= 4 is 23.8 Å². The lowest BCUT2D eigenvalue weighted by Gasteiger charge is -2.17. The molecule has 1 aromatic heterocycles. The van der Waals surface area contributed by atoms with E-state index in [9.17, 15) is 9.59 Å². The normalized spacial score (nSPS) is 13.5. The Labute approximate surface area is 167 Å². The van der Waals surface area contributed by atoms with Gasteiger partial charge >= 0.3 is 6.09 Å². The van der Waals surface area contributed by atoms with Gasteiger partial charge in [0.1, 0.15) is 12.6 Å². The van der Waals surface area contributed by atoms with Gasteiger partial charge in [-0.05, 0) is 22.3 Å². The summed E-state index contributed by atoms with van der Waals surface area (Å²) in [4.78, 5) is 30.9. The van der Waals surface area contributed by atoms with Crippen LogP contribution in [0.5, 0.6) is 0 Å². The summed E-state index contributed by atoms with van der Waals surface area (Å²) in [6, 6.07) is 15.4. The van der Waals surface area contributed by atoms with E-state index in [1.54, 1.807) is 6.20 Å². The van der Waals surface area contributed by atoms with E-state index in [0.29, 0.717) is 0 Å². The fourth-order valence-corrected chi connectivity index (χ4v) is 3.75. The molecule has 1 heterocycles. The molecule has 1 aliphatic rings. The van der Waals surface area contributed by atoms with Crippen LogP contribution >= 0.6 is 12.6 Å². The highest BCUT2D eigenvalue weighted by Gasteiger charge is 2.29. The molecule has 28 heavy (non-hydrogen) atoms. The van der Waals surface area contributed by atoms with Gasteiger partial charge in [-0.25, -0.2) is 9.78 Å². The topological polar surface area (TPSA) is 84.1 Å². The highest BCUT2D eigenvalue weighted by Crippen LogP contribution is 2.44. The Kier molecular flexibility index (Phi) is 5.16. The minimum Gasteiger partial charge on any atom is -0.449 e. The van der Waals surface area contributed by atoms with Crippen LogP contribution in [-0.4, -0.2) is 33.8 Å². The molecule has 1 atom stereocenters. The summed E-state index contributed by atoms with van der Waals surface area (Å²) < 4.78 is 5.48. The van der Waals surface area contributed by atoms with Crippen LogP contribution in [0, 0.1) is 0 Å². The van der Waals surface area contributed by atoms with Crippen molar-refractivity contribution in [2.75, 3.05) is 6.61 Å². The number of aromatic nitrogens is 2. The molecule has 2 aromatic carbocycles. The molecule has 0 bridgehead atoms. The predicted octanol–water partition coefficient (Wildman–Crippen LogP) is 3.32. The summed E-state index contributed by atoms with van der Waals surface area (Å²) in [6.45, 7) is 0.192. The minimum atomic E-state index is -0.792. The van der Waals surface area contributed by atoms with E-state index in [1.807, 2.05) is 24.3 Å². The van der Waals surface area contributed by atoms with Crippen LogP contribution in [0.4, 0.5) is 4.79 Å². The molecule has 0 aliphatic heterocycles. The molecule has 2 N–H and O–H groups in total. The molecule has 0 radical (unpaired) electrons. The number of carbonyl (C=O) groups is 2.